The van der Waals surface area contributed by atoms with E-state index in [9.17, 15) is 0 Å². The number of rotatable bonds is 0. The van der Waals surface area contributed by atoms with Gasteiger partial charge >= 0.3 is 0 Å². The first-order chi connectivity index (χ1) is 5.36. The van der Waals surface area contributed by atoms with E-state index in [1.54, 1.807) is 6.21 Å². The molecule has 53 valence electrons. The van der Waals surface area contributed by atoms with E-state index in [1.807, 2.05) is 30.4 Å². The Kier molecular flexibility index (Phi) is 1.25. The minimum Gasteiger partial charge on any atom is -0.399 e. The van der Waals surface area contributed by atoms with Crippen molar-refractivity contribution in [2.75, 3.05) is 5.73 Å². The van der Waals surface area contributed by atoms with Crippen LogP contribution < -0.4 is 10.7 Å². The van der Waals surface area contributed by atoms with Crippen LogP contribution in [0.3, 0.4) is 0 Å². The second-order valence-electron chi connectivity index (χ2n) is 2.46. The fourth-order valence-corrected chi connectivity index (χ4v) is 1.09. The highest BCUT2D eigenvalue weighted by molar-refractivity contribution is 5.86. The van der Waals surface area contributed by atoms with Crippen molar-refractivity contribution >= 4 is 23.7 Å². The molecule has 2 rings (SSSR count). The number of nitrogens with zero attached hydrogens (tertiary/aromatic N) is 1. The van der Waals surface area contributed by atoms with Gasteiger partial charge in [0.15, 0.2) is 0 Å². The summed E-state index contributed by atoms with van der Waals surface area (Å²) in [7, 11) is 0. The van der Waals surface area contributed by atoms with Crippen LogP contribution in [-0.4, -0.2) is 6.21 Å². The second-order valence-corrected chi connectivity index (χ2v) is 2.46. The number of hydrogen-bond acceptors (Lipinski definition) is 2. The lowest BCUT2D eigenvalue weighted by Crippen LogP contribution is -1.93. The molecule has 1 aliphatic heterocycles. The predicted molar refractivity (Wildman–Crippen MR) is 47.7 cm³/mol. The molecule has 11 heavy (non-hydrogen) atoms. The summed E-state index contributed by atoms with van der Waals surface area (Å²) in [5, 5.41) is 0. The average molecular weight is 144 g/mol. The number of allylic oxidation sites excluding steroid dienone is 1. The standard InChI is InChI=1S/C9H8N2/c10-8-3-4-9-7(6-8)2-1-5-11-9/h1-6H,10H2/q+1. The molecule has 0 fully saturated rings. The Morgan fingerprint density at radius 3 is 3.09 bits per heavy atom. The van der Waals surface area contributed by atoms with Gasteiger partial charge in [-0.1, -0.05) is 0 Å². The third-order valence-electron chi connectivity index (χ3n) is 1.63. The van der Waals surface area contributed by atoms with Crippen molar-refractivity contribution in [1.29, 1.82) is 0 Å². The number of aliphatic imine (C=N–C) groups is 1. The van der Waals surface area contributed by atoms with Crippen LogP contribution in [0.15, 0.2) is 24.3 Å². The summed E-state index contributed by atoms with van der Waals surface area (Å²) < 4.78 is 0. The van der Waals surface area contributed by atoms with Gasteiger partial charge < -0.3 is 5.73 Å². The van der Waals surface area contributed by atoms with E-state index in [1.165, 1.54) is 0 Å². The normalized spacial score (nSPS) is 13.1. The summed E-state index contributed by atoms with van der Waals surface area (Å²) in [4.78, 5) is 4.17. The third kappa shape index (κ3) is 1.03. The lowest BCUT2D eigenvalue weighted by Gasteiger charge is -1.95. The average Bonchev–Trinajstić information content (AvgIpc) is 2.04. The van der Waals surface area contributed by atoms with E-state index in [2.05, 4.69) is 4.99 Å². The molecule has 0 aliphatic carbocycles. The molecule has 0 aromatic heterocycles. The first-order valence-electron chi connectivity index (χ1n) is 3.46. The van der Waals surface area contributed by atoms with Crippen LogP contribution in [0.5, 0.6) is 0 Å². The van der Waals surface area contributed by atoms with Crippen molar-refractivity contribution in [3.8, 4) is 0 Å². The van der Waals surface area contributed by atoms with Crippen molar-refractivity contribution in [3.63, 3.8) is 0 Å². The van der Waals surface area contributed by atoms with Crippen molar-refractivity contribution in [2.24, 2.45) is 0 Å². The largest absolute Gasteiger partial charge is 0.399 e. The summed E-state index contributed by atoms with van der Waals surface area (Å²) in [5.74, 6) is 0. The molecule has 0 bridgehead atoms. The molecule has 0 amide bonds. The van der Waals surface area contributed by atoms with Crippen LogP contribution >= 0.6 is 0 Å². The second kappa shape index (κ2) is 2.23. The Hall–Kier alpha value is -1.57. The number of benzene rings is 1. The zero-order valence-electron chi connectivity index (χ0n) is 5.99. The van der Waals surface area contributed by atoms with Gasteiger partial charge in [-0.3, -0.25) is 0 Å². The van der Waals surface area contributed by atoms with Gasteiger partial charge in [0.05, 0.1) is 10.6 Å². The maximum Gasteiger partial charge on any atom is 0.284 e. The SMILES string of the molecule is Nc1ccc2c(c1)C=CC=[N+]2. The predicted octanol–water partition coefficient (Wildman–Crippen LogP) is 1.33. The molecule has 1 radical (unpaired) electrons. The first kappa shape index (κ1) is 6.16. The lowest BCUT2D eigenvalue weighted by atomic mass is 10.1. The Balaban J connectivity index is 2.63. The van der Waals surface area contributed by atoms with Crippen LogP contribution in [0.4, 0.5) is 11.4 Å². The molecule has 1 aromatic carbocycles. The number of hydrogen-bond donors (Lipinski definition) is 1. The van der Waals surface area contributed by atoms with Crippen molar-refractivity contribution < 1.29 is 0 Å². The number of fused-ring (bicyclic) bond motifs is 1. The minimum atomic E-state index is 0.783. The first-order valence-corrected chi connectivity index (χ1v) is 3.46. The van der Waals surface area contributed by atoms with E-state index in [0.29, 0.717) is 0 Å². The highest BCUT2D eigenvalue weighted by Crippen LogP contribution is 2.20. The zero-order valence-corrected chi connectivity index (χ0v) is 5.99. The van der Waals surface area contributed by atoms with Crippen LogP contribution in [0.2, 0.25) is 0 Å². The maximum absolute atomic E-state index is 5.60. The fraction of sp³-hybridized carbons (Fsp3) is 0. The fourth-order valence-electron chi connectivity index (χ4n) is 1.09. The quantitative estimate of drug-likeness (QED) is 0.548. The molecule has 1 aromatic rings. The van der Waals surface area contributed by atoms with Gasteiger partial charge in [0, 0.05) is 17.8 Å². The molecule has 1 heterocycles. The van der Waals surface area contributed by atoms with Gasteiger partial charge in [-0.2, -0.15) is 0 Å². The van der Waals surface area contributed by atoms with Crippen LogP contribution in [0.25, 0.3) is 6.08 Å². The van der Waals surface area contributed by atoms with Crippen molar-refractivity contribution in [1.82, 2.24) is 4.99 Å². The molecule has 0 unspecified atom stereocenters. The molecular formula is C9H8N2+. The highest BCUT2D eigenvalue weighted by atomic mass is 14.7. The minimum absolute atomic E-state index is 0.783. The molecule has 0 spiro atoms. The smallest absolute Gasteiger partial charge is 0.284 e. The highest BCUT2D eigenvalue weighted by Gasteiger charge is 2.10. The Labute approximate surface area is 65.1 Å². The monoisotopic (exact) mass is 144 g/mol. The zero-order chi connectivity index (χ0) is 7.68. The number of nitrogens with two attached hydrogens (primary N) is 1. The summed E-state index contributed by atoms with van der Waals surface area (Å²) in [6.07, 6.45) is 5.68. The van der Waals surface area contributed by atoms with E-state index >= 15 is 0 Å². The van der Waals surface area contributed by atoms with E-state index < -0.39 is 0 Å². The maximum atomic E-state index is 5.60. The van der Waals surface area contributed by atoms with Gasteiger partial charge in [0.2, 0.25) is 6.21 Å². The lowest BCUT2D eigenvalue weighted by molar-refractivity contribution is 1.37. The summed E-state index contributed by atoms with van der Waals surface area (Å²) in [5.41, 5.74) is 8.46. The Morgan fingerprint density at radius 2 is 2.18 bits per heavy atom. The topological polar surface area (TPSA) is 40.1 Å². The van der Waals surface area contributed by atoms with E-state index in [0.717, 1.165) is 16.9 Å². The van der Waals surface area contributed by atoms with E-state index in [4.69, 9.17) is 5.73 Å². The van der Waals surface area contributed by atoms with Crippen LogP contribution in [-0.2, 0) is 0 Å². The molecule has 0 atom stereocenters. The molecule has 0 saturated carbocycles. The van der Waals surface area contributed by atoms with Gasteiger partial charge in [-0.15, -0.1) is 0 Å². The van der Waals surface area contributed by atoms with Crippen molar-refractivity contribution in [2.45, 2.75) is 0 Å². The van der Waals surface area contributed by atoms with Gasteiger partial charge in [-0.05, 0) is 18.2 Å². The molecule has 1 aliphatic rings. The number of anilines is 1. The van der Waals surface area contributed by atoms with Gasteiger partial charge in [0.25, 0.3) is 5.69 Å². The molecule has 2 nitrogen and oxygen atoms in total. The van der Waals surface area contributed by atoms with Gasteiger partial charge in [0.1, 0.15) is 0 Å². The third-order valence-corrected chi connectivity index (χ3v) is 1.63. The number of nitrogen functional groups attached to an aromatic ring is 1. The molecule has 0 saturated heterocycles. The summed E-state index contributed by atoms with van der Waals surface area (Å²) in [6.45, 7) is 0. The molecule has 2 heteroatoms. The Morgan fingerprint density at radius 1 is 1.27 bits per heavy atom. The van der Waals surface area contributed by atoms with Gasteiger partial charge in [-0.25, -0.2) is 0 Å². The van der Waals surface area contributed by atoms with Crippen LogP contribution in [0, 0.1) is 0 Å². The van der Waals surface area contributed by atoms with E-state index in [-0.39, 0.29) is 0 Å². The molecular weight excluding hydrogens is 136 g/mol. The molecule has 2 N–H and O–H groups in total. The van der Waals surface area contributed by atoms with Crippen LogP contribution in [0.1, 0.15) is 5.56 Å². The summed E-state index contributed by atoms with van der Waals surface area (Å²) >= 11 is 0. The Bertz CT molecular complexity index is 337. The van der Waals surface area contributed by atoms with Crippen molar-refractivity contribution in [3.05, 3.63) is 29.8 Å². The summed E-state index contributed by atoms with van der Waals surface area (Å²) in [6, 6.07) is 5.70.